The van der Waals surface area contributed by atoms with Crippen LogP contribution in [-0.2, 0) is 0 Å². The van der Waals surface area contributed by atoms with Crippen LogP contribution in [-0.4, -0.2) is 0 Å². The van der Waals surface area contributed by atoms with E-state index < -0.39 is 0 Å². The highest BCUT2D eigenvalue weighted by Gasteiger charge is 1.93. The third kappa shape index (κ3) is 6.86. The van der Waals surface area contributed by atoms with Crippen molar-refractivity contribution in [2.45, 2.75) is 70.6 Å². The first-order valence-corrected chi connectivity index (χ1v) is 5.89. The molecule has 0 amide bonds. The number of allylic oxidation sites excluding steroid dienone is 2. The zero-order chi connectivity index (χ0) is 10.9. The van der Waals surface area contributed by atoms with Crippen LogP contribution in [0.2, 0.25) is 0 Å². The SMILES string of the molecule is [2H]/C1=C/CCCCCCCCCCC1[2H]. The Morgan fingerprint density at radius 2 is 1.31 bits per heavy atom. The van der Waals surface area contributed by atoms with E-state index >= 15 is 0 Å². The van der Waals surface area contributed by atoms with Gasteiger partial charge in [0, 0.05) is 1.37 Å². The Labute approximate surface area is 86.2 Å². The van der Waals surface area contributed by atoms with Gasteiger partial charge in [-0.25, -0.2) is 0 Å². The summed E-state index contributed by atoms with van der Waals surface area (Å²) in [5.41, 5.74) is 0. The van der Waals surface area contributed by atoms with Gasteiger partial charge in [-0.15, -0.1) is 0 Å². The van der Waals surface area contributed by atoms with Gasteiger partial charge in [-0.1, -0.05) is 57.1 Å². The predicted molar refractivity (Wildman–Crippen MR) is 59.9 cm³/mol. The topological polar surface area (TPSA) is 0 Å². The molecule has 0 N–H and O–H groups in total. The maximum Gasteiger partial charge on any atom is 0.0572 e. The lowest BCUT2D eigenvalue weighted by Gasteiger charge is -1.99. The Bertz CT molecular complexity index is 187. The molecule has 1 atom stereocenters. The molecule has 1 aliphatic rings. The van der Waals surface area contributed by atoms with Crippen LogP contribution >= 0.6 is 0 Å². The summed E-state index contributed by atoms with van der Waals surface area (Å²) in [6.45, 7) is 0. The quantitative estimate of drug-likeness (QED) is 0.470. The van der Waals surface area contributed by atoms with E-state index in [0.717, 1.165) is 19.3 Å². The molecule has 0 saturated heterocycles. The summed E-state index contributed by atoms with van der Waals surface area (Å²) >= 11 is 0. The van der Waals surface area contributed by atoms with Gasteiger partial charge >= 0.3 is 0 Å². The zero-order valence-electron chi connectivity index (χ0n) is 10.7. The summed E-state index contributed by atoms with van der Waals surface area (Å²) < 4.78 is 15.5. The third-order valence-electron chi connectivity index (χ3n) is 2.68. The van der Waals surface area contributed by atoms with Gasteiger partial charge < -0.3 is 0 Å². The summed E-state index contributed by atoms with van der Waals surface area (Å²) in [5.74, 6) is 0. The summed E-state index contributed by atoms with van der Waals surface area (Å²) in [4.78, 5) is 0. The molecule has 0 aromatic heterocycles. The number of hydrogen-bond donors (Lipinski definition) is 0. The predicted octanol–water partition coefficient (Wildman–Crippen LogP) is 4.85. The summed E-state index contributed by atoms with van der Waals surface area (Å²) in [6, 6.07) is 0.550. The summed E-state index contributed by atoms with van der Waals surface area (Å²) in [6.07, 6.45) is 13.9. The Kier molecular flexibility index (Phi) is 5.19. The molecule has 0 aromatic rings. The second-order valence-electron chi connectivity index (χ2n) is 3.98. The van der Waals surface area contributed by atoms with Crippen molar-refractivity contribution in [2.75, 3.05) is 0 Å². The normalized spacial score (nSPS) is 35.4. The van der Waals surface area contributed by atoms with Gasteiger partial charge in [0.05, 0.1) is 1.37 Å². The van der Waals surface area contributed by atoms with Crippen molar-refractivity contribution < 1.29 is 2.74 Å². The molecule has 0 heterocycles. The Hall–Kier alpha value is -0.260. The fraction of sp³-hybridized carbons (Fsp3) is 0.846. The maximum absolute atomic E-state index is 7.81. The smallest absolute Gasteiger partial charge is 0.0572 e. The molecular weight excluding hydrogens is 156 g/mol. The van der Waals surface area contributed by atoms with Gasteiger partial charge in [0.15, 0.2) is 0 Å². The first-order chi connectivity index (χ1) is 7.30. The van der Waals surface area contributed by atoms with Crippen LogP contribution in [0.15, 0.2) is 12.1 Å². The van der Waals surface area contributed by atoms with E-state index in [9.17, 15) is 0 Å². The van der Waals surface area contributed by atoms with Gasteiger partial charge in [-0.05, 0) is 25.7 Å². The minimum absolute atomic E-state index is 0.259. The van der Waals surface area contributed by atoms with Gasteiger partial charge in [0.2, 0.25) is 0 Å². The van der Waals surface area contributed by atoms with Gasteiger partial charge in [0.1, 0.15) is 0 Å². The average Bonchev–Trinajstić information content (AvgIpc) is 2.25. The van der Waals surface area contributed by atoms with Crippen LogP contribution in [0.1, 0.15) is 73.3 Å². The van der Waals surface area contributed by atoms with Crippen LogP contribution < -0.4 is 0 Å². The second-order valence-corrected chi connectivity index (χ2v) is 3.98. The molecule has 1 aliphatic carbocycles. The molecule has 0 bridgehead atoms. The fourth-order valence-corrected chi connectivity index (χ4v) is 1.80. The maximum atomic E-state index is 7.81. The van der Waals surface area contributed by atoms with Crippen LogP contribution in [0, 0.1) is 0 Å². The molecule has 0 aromatic carbocycles. The van der Waals surface area contributed by atoms with E-state index in [2.05, 4.69) is 0 Å². The lowest BCUT2D eigenvalue weighted by atomic mass is 10.1. The molecule has 0 nitrogen and oxygen atoms in total. The van der Waals surface area contributed by atoms with Crippen molar-refractivity contribution in [1.29, 1.82) is 0 Å². The lowest BCUT2D eigenvalue weighted by Crippen LogP contribution is -1.80. The van der Waals surface area contributed by atoms with E-state index in [1.54, 1.807) is 0 Å². The monoisotopic (exact) mass is 182 g/mol. The first kappa shape index (κ1) is 8.08. The Morgan fingerprint density at radius 3 is 2.00 bits per heavy atom. The molecule has 76 valence electrons. The molecule has 0 radical (unpaired) electrons. The Balaban J connectivity index is 2.34. The molecule has 0 spiro atoms. The third-order valence-corrected chi connectivity index (χ3v) is 2.68. The molecule has 0 saturated carbocycles. The molecule has 0 heteroatoms. The lowest BCUT2D eigenvalue weighted by molar-refractivity contribution is 0.564. The highest BCUT2D eigenvalue weighted by atomic mass is 14.0. The van der Waals surface area contributed by atoms with Crippen molar-refractivity contribution in [3.8, 4) is 0 Å². The van der Waals surface area contributed by atoms with E-state index in [0.29, 0.717) is 6.05 Å². The molecule has 0 fully saturated rings. The molecule has 0 aliphatic heterocycles. The summed E-state index contributed by atoms with van der Waals surface area (Å²) in [7, 11) is 0. The fourth-order valence-electron chi connectivity index (χ4n) is 1.80. The van der Waals surface area contributed by atoms with Crippen molar-refractivity contribution in [3.63, 3.8) is 0 Å². The minimum Gasteiger partial charge on any atom is -0.0885 e. The van der Waals surface area contributed by atoms with Gasteiger partial charge in [0.25, 0.3) is 0 Å². The summed E-state index contributed by atoms with van der Waals surface area (Å²) in [5, 5.41) is 0. The highest BCUT2D eigenvalue weighted by Crippen LogP contribution is 2.13. The van der Waals surface area contributed by atoms with Crippen molar-refractivity contribution in [1.82, 2.24) is 0 Å². The van der Waals surface area contributed by atoms with Crippen LogP contribution in [0.5, 0.6) is 0 Å². The van der Waals surface area contributed by atoms with Crippen LogP contribution in [0.4, 0.5) is 0 Å². The van der Waals surface area contributed by atoms with Crippen LogP contribution in [0.3, 0.4) is 0 Å². The Morgan fingerprint density at radius 1 is 0.769 bits per heavy atom. The minimum atomic E-state index is -0.259. The molecule has 13 heavy (non-hydrogen) atoms. The standard InChI is InChI=1S/C13H24/c1-2-4-6-8-10-12-13-11-9-7-5-3-1/h1-2H,3-13H2/b2-1-/i1D,3D. The van der Waals surface area contributed by atoms with E-state index in [1.807, 2.05) is 6.08 Å². The van der Waals surface area contributed by atoms with Crippen molar-refractivity contribution in [2.24, 2.45) is 0 Å². The van der Waals surface area contributed by atoms with Gasteiger partial charge in [-0.2, -0.15) is 0 Å². The van der Waals surface area contributed by atoms with Crippen LogP contribution in [0.25, 0.3) is 0 Å². The van der Waals surface area contributed by atoms with E-state index in [1.165, 1.54) is 44.9 Å². The van der Waals surface area contributed by atoms with Crippen molar-refractivity contribution in [3.05, 3.63) is 12.1 Å². The molecular formula is C13H24. The van der Waals surface area contributed by atoms with Gasteiger partial charge in [-0.3, -0.25) is 0 Å². The van der Waals surface area contributed by atoms with E-state index in [-0.39, 0.29) is 6.40 Å². The highest BCUT2D eigenvalue weighted by molar-refractivity contribution is 4.81. The van der Waals surface area contributed by atoms with E-state index in [4.69, 9.17) is 2.74 Å². The molecule has 1 unspecified atom stereocenters. The number of hydrogen-bond acceptors (Lipinski definition) is 0. The molecule has 1 rings (SSSR count). The zero-order valence-corrected chi connectivity index (χ0v) is 8.73. The van der Waals surface area contributed by atoms with Crippen molar-refractivity contribution >= 4 is 0 Å². The average molecular weight is 182 g/mol. The second kappa shape index (κ2) is 8.34. The number of rotatable bonds is 0. The first-order valence-electron chi connectivity index (χ1n) is 6.97. The largest absolute Gasteiger partial charge is 0.0885 e.